The number of aromatic amines is 3. The highest BCUT2D eigenvalue weighted by atomic mass is 16.3. The van der Waals surface area contributed by atoms with Crippen LogP contribution in [-0.4, -0.2) is 43.9 Å². The molecule has 1 fully saturated rings. The van der Waals surface area contributed by atoms with Gasteiger partial charge in [-0.15, -0.1) is 0 Å². The summed E-state index contributed by atoms with van der Waals surface area (Å²) in [5.41, 5.74) is 1.82. The molecule has 180 valence electrons. The molecule has 4 N–H and O–H groups in total. The molecule has 0 radical (unpaired) electrons. The van der Waals surface area contributed by atoms with E-state index in [2.05, 4.69) is 24.8 Å². The van der Waals surface area contributed by atoms with E-state index in [1.165, 1.54) is 6.21 Å². The minimum atomic E-state index is -0.720. The minimum absolute atomic E-state index is 0.107. The summed E-state index contributed by atoms with van der Waals surface area (Å²) in [6, 6.07) is 13.2. The van der Waals surface area contributed by atoms with Gasteiger partial charge in [0, 0.05) is 25.8 Å². The Balaban J connectivity index is 1.52. The molecule has 2 aromatic heterocycles. The first-order valence-corrected chi connectivity index (χ1v) is 11.6. The Bertz CT molecular complexity index is 1560. The van der Waals surface area contributed by atoms with Gasteiger partial charge in [-0.2, -0.15) is 0 Å². The summed E-state index contributed by atoms with van der Waals surface area (Å²) < 4.78 is 1.13. The Morgan fingerprint density at radius 3 is 2.40 bits per heavy atom. The molecule has 10 nitrogen and oxygen atoms in total. The van der Waals surface area contributed by atoms with E-state index in [4.69, 9.17) is 0 Å². The predicted octanol–water partition coefficient (Wildman–Crippen LogP) is 2.40. The van der Waals surface area contributed by atoms with Crippen LogP contribution in [0.2, 0.25) is 0 Å². The first-order valence-electron chi connectivity index (χ1n) is 11.6. The number of aromatic hydroxyl groups is 1. The van der Waals surface area contributed by atoms with Gasteiger partial charge in [0.1, 0.15) is 5.56 Å². The Kier molecular flexibility index (Phi) is 6.09. The lowest BCUT2D eigenvalue weighted by atomic mass is 10.1. The van der Waals surface area contributed by atoms with Gasteiger partial charge in [-0.05, 0) is 43.4 Å². The van der Waals surface area contributed by atoms with Gasteiger partial charge in [0.2, 0.25) is 5.88 Å². The second kappa shape index (κ2) is 9.49. The van der Waals surface area contributed by atoms with Crippen LogP contribution in [0.3, 0.4) is 0 Å². The third-order valence-corrected chi connectivity index (χ3v) is 6.31. The normalized spacial score (nSPS) is 14.2. The van der Waals surface area contributed by atoms with E-state index >= 15 is 0 Å². The van der Waals surface area contributed by atoms with Crippen molar-refractivity contribution in [1.82, 2.24) is 19.5 Å². The molecule has 0 atom stereocenters. The standard InChI is InChI=1S/C25H26N6O4/c32-22-17(23(33)31(25(35)29-22)12-9-16-7-3-1-4-8-16)15-26-20-13-18-19(28-24(34)27-18)14-21(20)30-10-5-2-6-11-30/h1,3-4,7-8,13-15,33H,2,5-6,9-12H2,(H2,27,28,34)(H,29,32,35). The fourth-order valence-corrected chi connectivity index (χ4v) is 4.47. The molecule has 0 bridgehead atoms. The molecule has 4 aromatic rings. The fourth-order valence-electron chi connectivity index (χ4n) is 4.47. The summed E-state index contributed by atoms with van der Waals surface area (Å²) in [4.78, 5) is 51.2. The van der Waals surface area contributed by atoms with Crippen LogP contribution in [0.15, 0.2) is 61.8 Å². The number of H-pyrrole nitrogens is 3. The Morgan fingerprint density at radius 2 is 1.66 bits per heavy atom. The smallest absolute Gasteiger partial charge is 0.331 e. The molecule has 0 spiro atoms. The van der Waals surface area contributed by atoms with Crippen molar-refractivity contribution in [3.05, 3.63) is 84.9 Å². The zero-order valence-electron chi connectivity index (χ0n) is 19.1. The summed E-state index contributed by atoms with van der Waals surface area (Å²) in [7, 11) is 0. The van der Waals surface area contributed by atoms with Crippen LogP contribution in [0, 0.1) is 0 Å². The molecule has 0 saturated carbocycles. The number of aryl methyl sites for hydroxylation is 1. The molecule has 1 aliphatic rings. The maximum absolute atomic E-state index is 12.5. The van der Waals surface area contributed by atoms with Crippen molar-refractivity contribution in [2.75, 3.05) is 18.0 Å². The third-order valence-electron chi connectivity index (χ3n) is 6.31. The van der Waals surface area contributed by atoms with Crippen molar-refractivity contribution in [2.45, 2.75) is 32.2 Å². The van der Waals surface area contributed by atoms with Crippen LogP contribution < -0.4 is 21.8 Å². The van der Waals surface area contributed by atoms with E-state index in [1.807, 2.05) is 36.4 Å². The zero-order valence-corrected chi connectivity index (χ0v) is 19.1. The van der Waals surface area contributed by atoms with Crippen LogP contribution in [0.25, 0.3) is 11.0 Å². The molecule has 2 aromatic carbocycles. The average molecular weight is 475 g/mol. The molecule has 0 aliphatic carbocycles. The van der Waals surface area contributed by atoms with E-state index in [-0.39, 0.29) is 17.8 Å². The summed E-state index contributed by atoms with van der Waals surface area (Å²) in [5, 5.41) is 10.8. The topological polar surface area (TPSA) is 139 Å². The first kappa shape index (κ1) is 22.5. The number of nitrogens with one attached hydrogen (secondary N) is 3. The van der Waals surface area contributed by atoms with Gasteiger partial charge >= 0.3 is 11.4 Å². The lowest BCUT2D eigenvalue weighted by Crippen LogP contribution is -2.32. The van der Waals surface area contributed by atoms with E-state index < -0.39 is 17.1 Å². The molecule has 10 heteroatoms. The quantitative estimate of drug-likeness (QED) is 0.318. The number of aliphatic imine (C=N–C) groups is 1. The molecule has 5 rings (SSSR count). The van der Waals surface area contributed by atoms with Crippen molar-refractivity contribution in [3.8, 4) is 5.88 Å². The average Bonchev–Trinajstić information content (AvgIpc) is 3.23. The van der Waals surface area contributed by atoms with Crippen LogP contribution in [0.1, 0.15) is 30.4 Å². The number of imidazole rings is 1. The van der Waals surface area contributed by atoms with E-state index in [9.17, 15) is 19.5 Å². The van der Waals surface area contributed by atoms with Crippen molar-refractivity contribution in [2.24, 2.45) is 4.99 Å². The molecular formula is C25H26N6O4. The minimum Gasteiger partial charge on any atom is -0.494 e. The summed E-state index contributed by atoms with van der Waals surface area (Å²) in [6.45, 7) is 1.92. The number of hydrogen-bond donors (Lipinski definition) is 4. The number of hydrogen-bond acceptors (Lipinski definition) is 6. The number of fused-ring (bicyclic) bond motifs is 1. The Labute approximate surface area is 199 Å². The highest BCUT2D eigenvalue weighted by molar-refractivity contribution is 5.91. The highest BCUT2D eigenvalue weighted by Crippen LogP contribution is 2.34. The third kappa shape index (κ3) is 4.68. The number of anilines is 1. The van der Waals surface area contributed by atoms with Gasteiger partial charge in [0.05, 0.1) is 22.4 Å². The maximum Gasteiger partial charge on any atom is 0.331 e. The number of piperidine rings is 1. The SMILES string of the molecule is O=c1[nH]c2cc(N=Cc3c(O)n(CCc4ccccc4)c(=O)[nH]c3=O)c(N3CCCCC3)cc2[nH]1. The lowest BCUT2D eigenvalue weighted by molar-refractivity contribution is 0.399. The van der Waals surface area contributed by atoms with Crippen LogP contribution in [-0.2, 0) is 13.0 Å². The fraction of sp³-hybridized carbons (Fsp3) is 0.280. The largest absolute Gasteiger partial charge is 0.494 e. The van der Waals surface area contributed by atoms with E-state index in [1.54, 1.807) is 6.07 Å². The number of nitrogens with zero attached hydrogens (tertiary/aromatic N) is 3. The Hall–Kier alpha value is -4.34. The molecular weight excluding hydrogens is 448 g/mol. The van der Waals surface area contributed by atoms with Gasteiger partial charge in [-0.1, -0.05) is 30.3 Å². The van der Waals surface area contributed by atoms with Gasteiger partial charge in [0.15, 0.2) is 0 Å². The number of benzene rings is 2. The number of rotatable bonds is 6. The zero-order chi connectivity index (χ0) is 24.4. The van der Waals surface area contributed by atoms with Crippen LogP contribution in [0.4, 0.5) is 11.4 Å². The predicted molar refractivity (Wildman–Crippen MR) is 135 cm³/mol. The summed E-state index contributed by atoms with van der Waals surface area (Å²) in [6.07, 6.45) is 5.04. The molecule has 3 heterocycles. The molecule has 1 saturated heterocycles. The lowest BCUT2D eigenvalue weighted by Gasteiger charge is -2.29. The van der Waals surface area contributed by atoms with Gasteiger partial charge in [-0.25, -0.2) is 9.59 Å². The number of aromatic nitrogens is 4. The van der Waals surface area contributed by atoms with Crippen molar-refractivity contribution in [1.29, 1.82) is 0 Å². The van der Waals surface area contributed by atoms with Crippen molar-refractivity contribution < 1.29 is 5.11 Å². The summed E-state index contributed by atoms with van der Waals surface area (Å²) >= 11 is 0. The van der Waals surface area contributed by atoms with Gasteiger partial charge < -0.3 is 20.0 Å². The van der Waals surface area contributed by atoms with Crippen molar-refractivity contribution in [3.63, 3.8) is 0 Å². The molecule has 0 unspecified atom stereocenters. The molecule has 35 heavy (non-hydrogen) atoms. The second-order valence-corrected chi connectivity index (χ2v) is 8.66. The van der Waals surface area contributed by atoms with Crippen LogP contribution >= 0.6 is 0 Å². The van der Waals surface area contributed by atoms with E-state index in [0.29, 0.717) is 23.1 Å². The Morgan fingerprint density at radius 1 is 0.943 bits per heavy atom. The summed E-state index contributed by atoms with van der Waals surface area (Å²) in [5.74, 6) is -0.436. The second-order valence-electron chi connectivity index (χ2n) is 8.66. The first-order chi connectivity index (χ1) is 17.0. The molecule has 0 amide bonds. The van der Waals surface area contributed by atoms with Crippen LogP contribution in [0.5, 0.6) is 5.88 Å². The maximum atomic E-state index is 12.5. The van der Waals surface area contributed by atoms with Gasteiger partial charge in [0.25, 0.3) is 5.56 Å². The van der Waals surface area contributed by atoms with Gasteiger partial charge in [-0.3, -0.25) is 19.3 Å². The highest BCUT2D eigenvalue weighted by Gasteiger charge is 2.17. The van der Waals surface area contributed by atoms with Crippen molar-refractivity contribution >= 4 is 28.6 Å². The monoisotopic (exact) mass is 474 g/mol. The molecule has 1 aliphatic heterocycles. The van der Waals surface area contributed by atoms with E-state index in [0.717, 1.165) is 48.2 Å².